The van der Waals surface area contributed by atoms with Crippen molar-refractivity contribution in [2.75, 3.05) is 14.2 Å². The van der Waals surface area contributed by atoms with Gasteiger partial charge in [-0.1, -0.05) is 49.6 Å². The molecule has 0 spiro atoms. The molecule has 0 N–H and O–H groups in total. The average Bonchev–Trinajstić information content (AvgIpc) is 2.79. The molecule has 1 amide bonds. The number of ether oxygens (including phenoxy) is 1. The lowest BCUT2D eigenvalue weighted by molar-refractivity contribution is 0.0690. The number of rotatable bonds is 4. The Balaban J connectivity index is 1.88. The van der Waals surface area contributed by atoms with Gasteiger partial charge in [0, 0.05) is 18.5 Å². The Bertz CT molecular complexity index is 1100. The summed E-state index contributed by atoms with van der Waals surface area (Å²) in [5.74, 6) is 0.369. The molecule has 0 aliphatic heterocycles. The lowest BCUT2D eigenvalue weighted by atomic mass is 9.94. The van der Waals surface area contributed by atoms with Crippen LogP contribution in [0.4, 0.5) is 0 Å². The van der Waals surface area contributed by atoms with E-state index in [9.17, 15) is 9.59 Å². The van der Waals surface area contributed by atoms with Crippen molar-refractivity contribution in [2.45, 2.75) is 38.1 Å². The molecule has 4 rings (SSSR count). The number of para-hydroxylation sites is 2. The normalized spacial score (nSPS) is 14.7. The number of carbonyl (C=O) groups is 1. The van der Waals surface area contributed by atoms with Crippen LogP contribution < -0.4 is 10.3 Å². The highest BCUT2D eigenvalue weighted by Crippen LogP contribution is 2.25. The molecule has 0 radical (unpaired) electrons. The molecule has 1 heterocycles. The van der Waals surface area contributed by atoms with Gasteiger partial charge in [-0.05, 0) is 31.0 Å². The molecule has 0 unspecified atom stereocenters. The van der Waals surface area contributed by atoms with Crippen molar-refractivity contribution in [1.82, 2.24) is 14.7 Å². The van der Waals surface area contributed by atoms with E-state index in [0.717, 1.165) is 25.7 Å². The summed E-state index contributed by atoms with van der Waals surface area (Å²) < 4.78 is 6.70. The number of amides is 1. The van der Waals surface area contributed by atoms with Crippen LogP contribution in [0.1, 0.15) is 42.6 Å². The van der Waals surface area contributed by atoms with Crippen molar-refractivity contribution >= 4 is 16.7 Å². The minimum atomic E-state index is -0.276. The van der Waals surface area contributed by atoms with Crippen LogP contribution in [-0.4, -0.2) is 40.8 Å². The van der Waals surface area contributed by atoms with Gasteiger partial charge in [0.15, 0.2) is 5.69 Å². The summed E-state index contributed by atoms with van der Waals surface area (Å²) in [5, 5.41) is 5.57. The number of fused-ring (bicyclic) bond motifs is 1. The number of hydrogen-bond acceptors (Lipinski definition) is 4. The zero-order valence-corrected chi connectivity index (χ0v) is 16.8. The molecule has 0 bridgehead atoms. The highest BCUT2D eigenvalue weighted by atomic mass is 16.5. The summed E-state index contributed by atoms with van der Waals surface area (Å²) in [6, 6.07) is 14.6. The smallest absolute Gasteiger partial charge is 0.279 e. The fourth-order valence-electron chi connectivity index (χ4n) is 4.12. The molecule has 6 heteroatoms. The van der Waals surface area contributed by atoms with Crippen LogP contribution in [0.25, 0.3) is 16.5 Å². The zero-order chi connectivity index (χ0) is 20.4. The van der Waals surface area contributed by atoms with E-state index in [1.54, 1.807) is 42.3 Å². The van der Waals surface area contributed by atoms with Crippen molar-refractivity contribution in [1.29, 1.82) is 0 Å². The molecule has 1 saturated carbocycles. The van der Waals surface area contributed by atoms with Crippen LogP contribution in [0.15, 0.2) is 53.3 Å². The molecule has 3 aromatic rings. The number of aromatic nitrogens is 2. The first-order valence-electron chi connectivity index (χ1n) is 10.0. The van der Waals surface area contributed by atoms with E-state index in [-0.39, 0.29) is 17.5 Å². The van der Waals surface area contributed by atoms with E-state index in [1.807, 2.05) is 25.2 Å². The molecular weight excluding hydrogens is 366 g/mol. The predicted octanol–water partition coefficient (Wildman–Crippen LogP) is 3.80. The minimum Gasteiger partial charge on any atom is -0.494 e. The quantitative estimate of drug-likeness (QED) is 0.679. The maximum atomic E-state index is 13.4. The fraction of sp³-hybridized carbons (Fsp3) is 0.348. The first-order chi connectivity index (χ1) is 14.1. The van der Waals surface area contributed by atoms with Crippen molar-refractivity contribution in [2.24, 2.45) is 0 Å². The summed E-state index contributed by atoms with van der Waals surface area (Å²) in [5.41, 5.74) is 0.529. The van der Waals surface area contributed by atoms with Gasteiger partial charge in [-0.2, -0.15) is 9.78 Å². The van der Waals surface area contributed by atoms with Crippen LogP contribution in [0.3, 0.4) is 0 Å². The molecule has 1 aliphatic rings. The summed E-state index contributed by atoms with van der Waals surface area (Å²) in [6.07, 6.45) is 5.51. The van der Waals surface area contributed by atoms with Gasteiger partial charge in [-0.15, -0.1) is 0 Å². The van der Waals surface area contributed by atoms with Gasteiger partial charge in [0.05, 0.1) is 12.5 Å². The summed E-state index contributed by atoms with van der Waals surface area (Å²) >= 11 is 0. The molecule has 29 heavy (non-hydrogen) atoms. The van der Waals surface area contributed by atoms with E-state index >= 15 is 0 Å². The van der Waals surface area contributed by atoms with Crippen molar-refractivity contribution in [3.05, 3.63) is 64.6 Å². The van der Waals surface area contributed by atoms with Gasteiger partial charge in [0.25, 0.3) is 11.5 Å². The van der Waals surface area contributed by atoms with Crippen molar-refractivity contribution < 1.29 is 9.53 Å². The monoisotopic (exact) mass is 391 g/mol. The standard InChI is InChI=1S/C23H25N3O3/c1-25(16-10-4-3-5-11-16)23(28)21-17-12-6-7-13-18(17)22(27)26(24-21)19-14-8-9-15-20(19)29-2/h6-9,12-16H,3-5,10-11H2,1-2H3. The number of nitrogens with zero attached hydrogens (tertiary/aromatic N) is 3. The minimum absolute atomic E-state index is 0.156. The summed E-state index contributed by atoms with van der Waals surface area (Å²) in [4.78, 5) is 28.4. The summed E-state index contributed by atoms with van der Waals surface area (Å²) in [6.45, 7) is 0. The van der Waals surface area contributed by atoms with Crippen LogP contribution in [0.2, 0.25) is 0 Å². The fourth-order valence-corrected chi connectivity index (χ4v) is 4.12. The molecule has 1 fully saturated rings. The molecule has 150 valence electrons. The van der Waals surface area contributed by atoms with E-state index in [0.29, 0.717) is 27.9 Å². The molecule has 6 nitrogen and oxygen atoms in total. The third kappa shape index (κ3) is 3.50. The van der Waals surface area contributed by atoms with Crippen molar-refractivity contribution in [3.63, 3.8) is 0 Å². The second-order valence-electron chi connectivity index (χ2n) is 7.49. The van der Waals surface area contributed by atoms with E-state index in [1.165, 1.54) is 11.1 Å². The van der Waals surface area contributed by atoms with Gasteiger partial charge in [-0.3, -0.25) is 9.59 Å². The SMILES string of the molecule is COc1ccccc1-n1nc(C(=O)N(C)C2CCCCC2)c2ccccc2c1=O. The average molecular weight is 391 g/mol. The zero-order valence-electron chi connectivity index (χ0n) is 16.8. The Labute approximate surface area is 169 Å². The highest BCUT2D eigenvalue weighted by molar-refractivity contribution is 6.04. The number of benzene rings is 2. The maximum absolute atomic E-state index is 13.4. The Kier molecular flexibility index (Phi) is 5.34. The lowest BCUT2D eigenvalue weighted by Crippen LogP contribution is -2.39. The van der Waals surface area contributed by atoms with Gasteiger partial charge < -0.3 is 9.64 Å². The number of methoxy groups -OCH3 is 1. The molecular formula is C23H25N3O3. The van der Waals surface area contributed by atoms with E-state index in [4.69, 9.17) is 4.74 Å². The largest absolute Gasteiger partial charge is 0.494 e. The van der Waals surface area contributed by atoms with Gasteiger partial charge >= 0.3 is 0 Å². The molecule has 1 aromatic heterocycles. The Morgan fingerprint density at radius 1 is 1.03 bits per heavy atom. The van der Waals surface area contributed by atoms with Gasteiger partial charge in [-0.25, -0.2) is 0 Å². The Hall–Kier alpha value is -3.15. The van der Waals surface area contributed by atoms with Gasteiger partial charge in [0.1, 0.15) is 11.4 Å². The third-order valence-corrected chi connectivity index (χ3v) is 5.76. The maximum Gasteiger partial charge on any atom is 0.279 e. The second-order valence-corrected chi connectivity index (χ2v) is 7.49. The Morgan fingerprint density at radius 3 is 2.41 bits per heavy atom. The molecule has 2 aromatic carbocycles. The Morgan fingerprint density at radius 2 is 1.69 bits per heavy atom. The molecule has 1 aliphatic carbocycles. The number of carbonyl (C=O) groups excluding carboxylic acids is 1. The topological polar surface area (TPSA) is 64.4 Å². The predicted molar refractivity (Wildman–Crippen MR) is 113 cm³/mol. The van der Waals surface area contributed by atoms with Crippen LogP contribution in [0, 0.1) is 0 Å². The van der Waals surface area contributed by atoms with Crippen molar-refractivity contribution in [3.8, 4) is 11.4 Å². The van der Waals surface area contributed by atoms with Gasteiger partial charge in [0.2, 0.25) is 0 Å². The first kappa shape index (κ1) is 19.2. The van der Waals surface area contributed by atoms with Crippen LogP contribution in [-0.2, 0) is 0 Å². The summed E-state index contributed by atoms with van der Waals surface area (Å²) in [7, 11) is 3.39. The van der Waals surface area contributed by atoms with Crippen LogP contribution >= 0.6 is 0 Å². The number of hydrogen-bond donors (Lipinski definition) is 0. The molecule has 0 atom stereocenters. The third-order valence-electron chi connectivity index (χ3n) is 5.76. The highest BCUT2D eigenvalue weighted by Gasteiger charge is 2.26. The first-order valence-corrected chi connectivity index (χ1v) is 10.0. The molecule has 0 saturated heterocycles. The lowest BCUT2D eigenvalue weighted by Gasteiger charge is -2.31. The van der Waals surface area contributed by atoms with E-state index < -0.39 is 0 Å². The van der Waals surface area contributed by atoms with Crippen LogP contribution in [0.5, 0.6) is 5.75 Å². The van der Waals surface area contributed by atoms with E-state index in [2.05, 4.69) is 5.10 Å². The second kappa shape index (κ2) is 8.07.